The number of fused-ring (bicyclic) bond motifs is 2. The highest BCUT2D eigenvalue weighted by Gasteiger charge is 2.45. The highest BCUT2D eigenvalue weighted by Crippen LogP contribution is 2.39. The van der Waals surface area contributed by atoms with Crippen LogP contribution in [-0.2, 0) is 9.59 Å². The minimum atomic E-state index is -0.970. The van der Waals surface area contributed by atoms with Gasteiger partial charge in [0.2, 0.25) is 11.8 Å². The molecule has 5 aromatic rings. The first-order valence-corrected chi connectivity index (χ1v) is 19.8. The van der Waals surface area contributed by atoms with Crippen LogP contribution >= 0.6 is 11.3 Å². The maximum absolute atomic E-state index is 13.3. The van der Waals surface area contributed by atoms with Gasteiger partial charge in [-0.15, -0.1) is 10.2 Å². The number of benzene rings is 1. The number of nitrogens with one attached hydrogen (secondary N) is 3. The van der Waals surface area contributed by atoms with E-state index in [1.54, 1.807) is 40.2 Å². The Morgan fingerprint density at radius 3 is 2.57 bits per heavy atom. The van der Waals surface area contributed by atoms with Gasteiger partial charge in [-0.1, -0.05) is 11.3 Å². The minimum absolute atomic E-state index is 0.0944. The van der Waals surface area contributed by atoms with E-state index in [0.29, 0.717) is 34.6 Å². The van der Waals surface area contributed by atoms with E-state index < -0.39 is 23.8 Å². The molecule has 4 amide bonds. The maximum Gasteiger partial charge on any atom is 0.262 e. The van der Waals surface area contributed by atoms with Crippen molar-refractivity contribution in [2.45, 2.75) is 62.9 Å². The summed E-state index contributed by atoms with van der Waals surface area (Å²) in [6.45, 7) is 2.61. The summed E-state index contributed by atoms with van der Waals surface area (Å²) < 4.78 is 1.78. The zero-order valence-electron chi connectivity index (χ0n) is 30.7. The second-order valence-corrected chi connectivity index (χ2v) is 16.0. The van der Waals surface area contributed by atoms with E-state index in [1.807, 2.05) is 37.5 Å². The van der Waals surface area contributed by atoms with E-state index in [0.717, 1.165) is 100 Å². The second kappa shape index (κ2) is 14.5. The second-order valence-electron chi connectivity index (χ2n) is 15.0. The smallest absolute Gasteiger partial charge is 0.262 e. The Hall–Kier alpha value is -6.05. The lowest BCUT2D eigenvalue weighted by atomic mass is 9.86. The fourth-order valence-corrected chi connectivity index (χ4v) is 9.54. The van der Waals surface area contributed by atoms with Crippen LogP contribution in [0.5, 0.6) is 0 Å². The number of hydrogen-bond acceptors (Lipinski definition) is 13. The molecule has 3 aliphatic heterocycles. The van der Waals surface area contributed by atoms with E-state index in [4.69, 9.17) is 4.98 Å². The molecule has 15 nitrogen and oxygen atoms in total. The fourth-order valence-electron chi connectivity index (χ4n) is 8.50. The Balaban J connectivity index is 0.777. The first kappa shape index (κ1) is 35.6. The molecule has 1 aromatic carbocycles. The molecule has 2 atom stereocenters. The quantitative estimate of drug-likeness (QED) is 0.180. The lowest BCUT2D eigenvalue weighted by molar-refractivity contribution is -0.136. The van der Waals surface area contributed by atoms with Gasteiger partial charge in [-0.25, -0.2) is 4.52 Å². The van der Waals surface area contributed by atoms with Gasteiger partial charge in [0.25, 0.3) is 11.8 Å². The predicted octanol–water partition coefficient (Wildman–Crippen LogP) is 4.37. The van der Waals surface area contributed by atoms with Crippen LogP contribution in [0.15, 0.2) is 54.9 Å². The number of carbonyl (C=O) groups excluding carboxylic acids is 4. The molecule has 0 bridgehead atoms. The van der Waals surface area contributed by atoms with Gasteiger partial charge in [0.15, 0.2) is 5.01 Å². The van der Waals surface area contributed by atoms with Crippen molar-refractivity contribution in [1.29, 1.82) is 5.26 Å². The van der Waals surface area contributed by atoms with E-state index in [2.05, 4.69) is 42.2 Å². The number of nitriles is 1. The van der Waals surface area contributed by atoms with Gasteiger partial charge < -0.3 is 15.5 Å². The number of nitrogens with zero attached hydrogens (tertiary/aromatic N) is 8. The summed E-state index contributed by atoms with van der Waals surface area (Å²) in [6.07, 6.45) is 8.85. The average molecular weight is 770 g/mol. The normalized spacial score (nSPS) is 22.4. The Kier molecular flexibility index (Phi) is 9.26. The third kappa shape index (κ3) is 6.46. The Bertz CT molecular complexity index is 2450. The molecule has 1 unspecified atom stereocenters. The molecular formula is C40H39N11O4S. The molecule has 56 heavy (non-hydrogen) atoms. The van der Waals surface area contributed by atoms with Crippen LogP contribution < -0.4 is 20.9 Å². The van der Waals surface area contributed by atoms with Gasteiger partial charge in [0.1, 0.15) is 17.1 Å². The highest BCUT2D eigenvalue weighted by atomic mass is 32.1. The SMILES string of the molecule is CNc1cc(-c2ccc3cc(C#N)cnn23)ncc1-c1nnc(C2CCC(NC[C@@H]3CCN(c4ccc5c(c4)C(=O)N(C4CCC(=O)NC4=O)C5=O)C3)CC2)s1. The number of piperidine rings is 1. The van der Waals surface area contributed by atoms with Crippen molar-refractivity contribution in [3.63, 3.8) is 0 Å². The van der Waals surface area contributed by atoms with Crippen LogP contribution in [0.1, 0.15) is 82.2 Å². The number of amides is 4. The van der Waals surface area contributed by atoms with Gasteiger partial charge in [-0.2, -0.15) is 10.4 Å². The zero-order chi connectivity index (χ0) is 38.5. The summed E-state index contributed by atoms with van der Waals surface area (Å²) in [4.78, 5) is 58.6. The van der Waals surface area contributed by atoms with Gasteiger partial charge in [0.05, 0.1) is 45.4 Å². The summed E-state index contributed by atoms with van der Waals surface area (Å²) in [7, 11) is 1.88. The van der Waals surface area contributed by atoms with Gasteiger partial charge in [-0.05, 0) is 93.5 Å². The molecule has 0 radical (unpaired) electrons. The maximum atomic E-state index is 13.3. The van der Waals surface area contributed by atoms with E-state index in [1.165, 1.54) is 0 Å². The van der Waals surface area contributed by atoms with Gasteiger partial charge in [0, 0.05) is 56.1 Å². The monoisotopic (exact) mass is 769 g/mol. The Morgan fingerprint density at radius 1 is 0.929 bits per heavy atom. The number of aromatic nitrogens is 5. The topological polar surface area (TPSA) is 191 Å². The van der Waals surface area contributed by atoms with Crippen molar-refractivity contribution >= 4 is 51.9 Å². The average Bonchev–Trinajstić information content (AvgIpc) is 4.04. The van der Waals surface area contributed by atoms with Gasteiger partial charge in [-0.3, -0.25) is 34.4 Å². The molecule has 7 heterocycles. The third-order valence-corrected chi connectivity index (χ3v) is 12.7. The Morgan fingerprint density at radius 2 is 1.77 bits per heavy atom. The van der Waals surface area contributed by atoms with E-state index >= 15 is 0 Å². The standard InChI is InChI=1S/C40H39N11O4S/c1-42-31-16-32(33-9-7-27-14-23(17-41)19-45-51(27)33)44-20-30(31)38-48-47-37(56-38)24-2-4-25(5-3-24)43-18-22-12-13-49(21-22)26-6-8-28-29(15-26)40(55)50(39(28)54)34-10-11-35(52)46-36(34)53/h6-9,14-16,19-20,22,24-25,34,43H,2-5,10-13,18,21H2,1H3,(H,42,44)(H,46,52,53)/t22-,24?,25?,34?/m0/s1. The molecule has 16 heteroatoms. The number of anilines is 2. The van der Waals surface area contributed by atoms with Crippen molar-refractivity contribution in [1.82, 2.24) is 40.3 Å². The lowest BCUT2D eigenvalue weighted by Gasteiger charge is -2.29. The van der Waals surface area contributed by atoms with Crippen molar-refractivity contribution in [2.24, 2.45) is 5.92 Å². The molecule has 4 aromatic heterocycles. The predicted molar refractivity (Wildman–Crippen MR) is 208 cm³/mol. The molecule has 3 N–H and O–H groups in total. The highest BCUT2D eigenvalue weighted by molar-refractivity contribution is 7.14. The molecule has 284 valence electrons. The first-order valence-electron chi connectivity index (χ1n) is 19.0. The van der Waals surface area contributed by atoms with Crippen molar-refractivity contribution in [2.75, 3.05) is 36.9 Å². The number of imide groups is 2. The van der Waals surface area contributed by atoms with Crippen molar-refractivity contribution < 1.29 is 19.2 Å². The number of pyridine rings is 1. The molecule has 2 saturated heterocycles. The lowest BCUT2D eigenvalue weighted by Crippen LogP contribution is -2.54. The molecule has 3 fully saturated rings. The fraction of sp³-hybridized carbons (Fsp3) is 0.375. The summed E-state index contributed by atoms with van der Waals surface area (Å²) in [5.74, 6) is -1.14. The van der Waals surface area contributed by atoms with Crippen LogP contribution in [0.2, 0.25) is 0 Å². The molecule has 4 aliphatic rings. The molecular weight excluding hydrogens is 731 g/mol. The zero-order valence-corrected chi connectivity index (χ0v) is 31.5. The van der Waals surface area contributed by atoms with E-state index in [-0.39, 0.29) is 18.7 Å². The van der Waals surface area contributed by atoms with Crippen LogP contribution in [-0.4, -0.2) is 92.1 Å². The molecule has 1 aliphatic carbocycles. The number of carbonyl (C=O) groups is 4. The summed E-state index contributed by atoms with van der Waals surface area (Å²) in [5.41, 5.74) is 6.23. The molecule has 0 spiro atoms. The summed E-state index contributed by atoms with van der Waals surface area (Å²) in [5, 5.41) is 34.1. The number of hydrogen-bond donors (Lipinski definition) is 3. The van der Waals surface area contributed by atoms with Crippen LogP contribution in [0.4, 0.5) is 11.4 Å². The Labute approximate surface area is 326 Å². The van der Waals surface area contributed by atoms with E-state index in [9.17, 15) is 24.4 Å². The van der Waals surface area contributed by atoms with Crippen LogP contribution in [0.25, 0.3) is 27.5 Å². The van der Waals surface area contributed by atoms with Crippen molar-refractivity contribution in [3.05, 3.63) is 76.6 Å². The summed E-state index contributed by atoms with van der Waals surface area (Å²) >= 11 is 1.63. The molecule has 9 rings (SSSR count). The third-order valence-electron chi connectivity index (χ3n) is 11.6. The molecule has 1 saturated carbocycles. The summed E-state index contributed by atoms with van der Waals surface area (Å²) in [6, 6.07) is 14.6. The van der Waals surface area contributed by atoms with Crippen molar-refractivity contribution in [3.8, 4) is 28.0 Å². The largest absolute Gasteiger partial charge is 0.387 e. The van der Waals surface area contributed by atoms with Crippen LogP contribution in [0.3, 0.4) is 0 Å². The van der Waals surface area contributed by atoms with Gasteiger partial charge >= 0.3 is 0 Å². The first-order chi connectivity index (χ1) is 27.3. The number of rotatable bonds is 9. The van der Waals surface area contributed by atoms with Crippen LogP contribution in [0, 0.1) is 17.2 Å². The minimum Gasteiger partial charge on any atom is -0.387 e.